The van der Waals surface area contributed by atoms with Crippen LogP contribution in [0.2, 0.25) is 0 Å². The number of hydrogen-bond donors (Lipinski definition) is 3. The topological polar surface area (TPSA) is 237 Å². The van der Waals surface area contributed by atoms with E-state index in [1.54, 1.807) is 0 Å². The first-order valence-electron chi connectivity index (χ1n) is 42.2. The van der Waals surface area contributed by atoms with Crippen LogP contribution in [0.1, 0.15) is 433 Å². The van der Waals surface area contributed by atoms with Gasteiger partial charge in [0, 0.05) is 25.7 Å². The lowest BCUT2D eigenvalue weighted by Crippen LogP contribution is -2.30. The molecule has 0 aliphatic rings. The van der Waals surface area contributed by atoms with E-state index in [0.29, 0.717) is 25.7 Å². The van der Waals surface area contributed by atoms with Crippen molar-refractivity contribution >= 4 is 39.5 Å². The van der Waals surface area contributed by atoms with Crippen LogP contribution < -0.4 is 0 Å². The van der Waals surface area contributed by atoms with Crippen molar-refractivity contribution in [2.45, 2.75) is 451 Å². The van der Waals surface area contributed by atoms with Gasteiger partial charge in [0.25, 0.3) is 0 Å². The number of phosphoric acid groups is 2. The molecule has 0 saturated heterocycles. The summed E-state index contributed by atoms with van der Waals surface area (Å²) in [6.45, 7) is 7.33. The van der Waals surface area contributed by atoms with Crippen LogP contribution in [-0.4, -0.2) is 96.7 Å². The molecule has 0 aromatic carbocycles. The lowest BCUT2D eigenvalue weighted by atomic mass is 9.99. The second-order valence-electron chi connectivity index (χ2n) is 29.4. The number of aliphatic hydroxyl groups excluding tert-OH is 1. The van der Waals surface area contributed by atoms with Gasteiger partial charge in [-0.05, 0) is 31.6 Å². The van der Waals surface area contributed by atoms with Crippen molar-refractivity contribution in [3.8, 4) is 0 Å². The van der Waals surface area contributed by atoms with Crippen LogP contribution in [0.25, 0.3) is 0 Å². The van der Waals surface area contributed by atoms with Crippen molar-refractivity contribution < 1.29 is 80.2 Å². The van der Waals surface area contributed by atoms with E-state index in [-0.39, 0.29) is 25.7 Å². The Morgan fingerprint density at radius 3 is 0.710 bits per heavy atom. The fourth-order valence-corrected chi connectivity index (χ4v) is 14.1. The van der Waals surface area contributed by atoms with Crippen molar-refractivity contribution in [3.63, 3.8) is 0 Å². The maximum absolute atomic E-state index is 13.1. The van der Waals surface area contributed by atoms with E-state index < -0.39 is 97.5 Å². The highest BCUT2D eigenvalue weighted by Crippen LogP contribution is 2.45. The van der Waals surface area contributed by atoms with Crippen LogP contribution in [0.4, 0.5) is 0 Å². The van der Waals surface area contributed by atoms with E-state index >= 15 is 0 Å². The molecule has 0 aromatic heterocycles. The third-order valence-electron chi connectivity index (χ3n) is 19.4. The first kappa shape index (κ1) is 98.1. The van der Waals surface area contributed by atoms with Gasteiger partial charge < -0.3 is 33.8 Å². The molecule has 0 fully saturated rings. The molecule has 0 bridgehead atoms. The zero-order valence-corrected chi connectivity index (χ0v) is 67.1. The van der Waals surface area contributed by atoms with Gasteiger partial charge >= 0.3 is 39.5 Å². The molecule has 100 heavy (non-hydrogen) atoms. The average Bonchev–Trinajstić information content (AvgIpc) is 1.00. The third kappa shape index (κ3) is 73.0. The van der Waals surface area contributed by atoms with Crippen molar-refractivity contribution in [2.24, 2.45) is 5.92 Å². The molecule has 0 radical (unpaired) electrons. The van der Waals surface area contributed by atoms with E-state index in [0.717, 1.165) is 95.8 Å². The Labute approximate surface area is 613 Å². The van der Waals surface area contributed by atoms with Gasteiger partial charge in [-0.25, -0.2) is 9.13 Å². The number of carbonyl (C=O) groups excluding carboxylic acids is 4. The Bertz CT molecular complexity index is 1910. The van der Waals surface area contributed by atoms with Gasteiger partial charge in [-0.2, -0.15) is 0 Å². The van der Waals surface area contributed by atoms with Gasteiger partial charge in [0.15, 0.2) is 12.2 Å². The quantitative estimate of drug-likeness (QED) is 0.0222. The first-order valence-corrected chi connectivity index (χ1v) is 45.2. The van der Waals surface area contributed by atoms with Gasteiger partial charge in [-0.1, -0.05) is 381 Å². The van der Waals surface area contributed by atoms with Crippen LogP contribution >= 0.6 is 15.6 Å². The molecule has 0 aromatic rings. The van der Waals surface area contributed by atoms with Crippen LogP contribution in [-0.2, 0) is 65.4 Å². The second-order valence-corrected chi connectivity index (χ2v) is 32.3. The van der Waals surface area contributed by atoms with E-state index in [1.165, 1.54) is 257 Å². The van der Waals surface area contributed by atoms with Crippen molar-refractivity contribution in [1.29, 1.82) is 0 Å². The van der Waals surface area contributed by atoms with Crippen molar-refractivity contribution in [3.05, 3.63) is 0 Å². The predicted molar refractivity (Wildman–Crippen MR) is 409 cm³/mol. The molecule has 19 heteroatoms. The number of unbranched alkanes of at least 4 members (excludes halogenated alkanes) is 52. The maximum atomic E-state index is 13.1. The summed E-state index contributed by atoms with van der Waals surface area (Å²) in [6.07, 6.45) is 65.2. The highest BCUT2D eigenvalue weighted by molar-refractivity contribution is 7.47. The van der Waals surface area contributed by atoms with E-state index in [9.17, 15) is 43.2 Å². The Hall–Kier alpha value is -1.94. The minimum atomic E-state index is -4.96. The van der Waals surface area contributed by atoms with Gasteiger partial charge in [-0.15, -0.1) is 0 Å². The molecule has 3 N–H and O–H groups in total. The Balaban J connectivity index is 5.19. The Morgan fingerprint density at radius 2 is 0.480 bits per heavy atom. The molecular weight excluding hydrogens is 1310 g/mol. The summed E-state index contributed by atoms with van der Waals surface area (Å²) in [5.41, 5.74) is 0. The summed E-state index contributed by atoms with van der Waals surface area (Å²) < 4.78 is 68.7. The number of phosphoric ester groups is 2. The summed E-state index contributed by atoms with van der Waals surface area (Å²) in [5, 5.41) is 10.6. The SMILES string of the molecule is CCCCCCCCCCCCCCCCCCCCCCCCC(=O)O[C@H](COC(=O)CCCCCCCCCCCCCCCCC)COP(=O)(O)OC[C@@H](O)COP(=O)(O)OC[C@@H](COC(=O)CCCCCCCCCCC)OC(=O)CCCCCCCCCCCCC(C)CC. The fraction of sp³-hybridized carbons (Fsp3) is 0.951. The third-order valence-corrected chi connectivity index (χ3v) is 21.3. The Kier molecular flexibility index (Phi) is 72.5. The lowest BCUT2D eigenvalue weighted by Gasteiger charge is -2.21. The second kappa shape index (κ2) is 73.9. The maximum Gasteiger partial charge on any atom is 0.472 e. The standard InChI is InChI=1S/C81H158O17P2/c1-6-10-13-16-19-22-24-26-28-29-30-31-32-33-34-36-38-40-46-51-56-61-66-80(85)97-77(71-92-79(84)65-60-55-50-45-39-37-35-27-25-23-20-17-14-11-7-2)73-96-100(89,90)94-69-75(82)68-93-99(87,88)95-72-76(70-91-78(83)64-59-54-49-43-21-18-15-12-8-3)98-81(86)67-62-57-52-47-42-41-44-48-53-58-63-74(5)9-4/h74-77,82H,6-73H2,1-5H3,(H,87,88)(H,89,90)/t74?,75-,76+,77+/m0/s1. The molecular formula is C81H158O17P2. The van der Waals surface area contributed by atoms with E-state index in [4.69, 9.17) is 37.0 Å². The number of esters is 4. The van der Waals surface area contributed by atoms with Gasteiger partial charge in [0.2, 0.25) is 0 Å². The number of hydrogen-bond acceptors (Lipinski definition) is 15. The molecule has 0 spiro atoms. The van der Waals surface area contributed by atoms with Crippen molar-refractivity contribution in [2.75, 3.05) is 39.6 Å². The van der Waals surface area contributed by atoms with Gasteiger partial charge in [0.1, 0.15) is 19.3 Å². The molecule has 0 aliphatic heterocycles. The molecule has 594 valence electrons. The number of carbonyl (C=O) groups is 4. The molecule has 0 aliphatic carbocycles. The summed E-state index contributed by atoms with van der Waals surface area (Å²) >= 11 is 0. The van der Waals surface area contributed by atoms with Crippen molar-refractivity contribution in [1.82, 2.24) is 0 Å². The number of rotatable bonds is 81. The molecule has 3 unspecified atom stereocenters. The Morgan fingerprint density at radius 1 is 0.280 bits per heavy atom. The van der Waals surface area contributed by atoms with Gasteiger partial charge in [-0.3, -0.25) is 37.3 Å². The fourth-order valence-electron chi connectivity index (χ4n) is 12.6. The van der Waals surface area contributed by atoms with E-state index in [2.05, 4.69) is 34.6 Å². The lowest BCUT2D eigenvalue weighted by molar-refractivity contribution is -0.161. The average molecular weight is 1470 g/mol. The first-order chi connectivity index (χ1) is 48.6. The molecule has 6 atom stereocenters. The normalized spacial score (nSPS) is 14.1. The molecule has 0 saturated carbocycles. The molecule has 17 nitrogen and oxygen atoms in total. The van der Waals surface area contributed by atoms with Crippen LogP contribution in [0.3, 0.4) is 0 Å². The highest BCUT2D eigenvalue weighted by Gasteiger charge is 2.30. The predicted octanol–water partition coefficient (Wildman–Crippen LogP) is 24.4. The number of aliphatic hydroxyl groups is 1. The minimum absolute atomic E-state index is 0.107. The summed E-state index contributed by atoms with van der Waals surface area (Å²) in [6, 6.07) is 0. The van der Waals surface area contributed by atoms with Crippen LogP contribution in [0.15, 0.2) is 0 Å². The summed E-state index contributed by atoms with van der Waals surface area (Å²) in [5.74, 6) is -1.31. The van der Waals surface area contributed by atoms with Crippen LogP contribution in [0, 0.1) is 5.92 Å². The zero-order chi connectivity index (χ0) is 73.4. The molecule has 0 rings (SSSR count). The zero-order valence-electron chi connectivity index (χ0n) is 65.3. The smallest absolute Gasteiger partial charge is 0.462 e. The highest BCUT2D eigenvalue weighted by atomic mass is 31.2. The summed E-state index contributed by atoms with van der Waals surface area (Å²) in [7, 11) is -9.92. The summed E-state index contributed by atoms with van der Waals surface area (Å²) in [4.78, 5) is 73.0. The van der Waals surface area contributed by atoms with Crippen LogP contribution in [0.5, 0.6) is 0 Å². The van der Waals surface area contributed by atoms with Gasteiger partial charge in [0.05, 0.1) is 26.4 Å². The largest absolute Gasteiger partial charge is 0.472 e. The monoisotopic (exact) mass is 1470 g/mol. The minimum Gasteiger partial charge on any atom is -0.462 e. The number of ether oxygens (including phenoxy) is 4. The molecule has 0 heterocycles. The molecule has 0 amide bonds. The van der Waals surface area contributed by atoms with E-state index in [1.807, 2.05) is 0 Å².